The van der Waals surface area contributed by atoms with Gasteiger partial charge in [-0.05, 0) is 30.3 Å². The van der Waals surface area contributed by atoms with Crippen molar-refractivity contribution < 1.29 is 28.8 Å². The van der Waals surface area contributed by atoms with E-state index >= 15 is 0 Å². The summed E-state index contributed by atoms with van der Waals surface area (Å²) in [6, 6.07) is 10.2. The van der Waals surface area contributed by atoms with Crippen LogP contribution in [0.25, 0.3) is 6.08 Å². The molecule has 0 spiro atoms. The summed E-state index contributed by atoms with van der Waals surface area (Å²) in [6.07, 6.45) is 1.52. The van der Waals surface area contributed by atoms with Gasteiger partial charge in [0.05, 0.1) is 57.7 Å². The molecule has 9 nitrogen and oxygen atoms in total. The predicted molar refractivity (Wildman–Crippen MR) is 114 cm³/mol. The number of hydrogen-bond donors (Lipinski definition) is 1. The van der Waals surface area contributed by atoms with Crippen LogP contribution in [0.2, 0.25) is 0 Å². The minimum atomic E-state index is -0.370. The van der Waals surface area contributed by atoms with Crippen molar-refractivity contribution in [1.82, 2.24) is 4.90 Å². The molecule has 0 aliphatic carbocycles. The van der Waals surface area contributed by atoms with Crippen LogP contribution in [0.3, 0.4) is 0 Å². The Morgan fingerprint density at radius 3 is 2.31 bits per heavy atom. The maximum absolute atomic E-state index is 13.0. The van der Waals surface area contributed by atoms with Crippen molar-refractivity contribution in [2.24, 2.45) is 0 Å². The summed E-state index contributed by atoms with van der Waals surface area (Å²) in [5.41, 5.74) is 1.13. The van der Waals surface area contributed by atoms with Crippen LogP contribution in [0.5, 0.6) is 28.7 Å². The number of aromatic hydroxyl groups is 1. The summed E-state index contributed by atoms with van der Waals surface area (Å²) in [7, 11) is 4.46. The zero-order valence-corrected chi connectivity index (χ0v) is 17.8. The number of carbonyl (C=O) groups is 1. The highest BCUT2D eigenvalue weighted by molar-refractivity contribution is 6.15. The molecule has 1 aliphatic rings. The monoisotopic (exact) mass is 435 g/mol. The lowest BCUT2D eigenvalue weighted by molar-refractivity contribution is 0.101. The van der Waals surface area contributed by atoms with Gasteiger partial charge in [0.15, 0.2) is 17.3 Å². The van der Waals surface area contributed by atoms with Crippen molar-refractivity contribution >= 4 is 11.9 Å². The van der Waals surface area contributed by atoms with Crippen molar-refractivity contribution in [2.45, 2.75) is 6.54 Å². The summed E-state index contributed by atoms with van der Waals surface area (Å²) < 4.78 is 22.0. The molecule has 0 saturated carbocycles. The van der Waals surface area contributed by atoms with Crippen molar-refractivity contribution in [2.75, 3.05) is 34.4 Å². The number of nitriles is 2. The molecule has 3 rings (SSSR count). The number of methoxy groups -OCH3 is 3. The lowest BCUT2D eigenvalue weighted by atomic mass is 10.0. The van der Waals surface area contributed by atoms with Gasteiger partial charge in [-0.25, -0.2) is 0 Å². The highest BCUT2D eigenvalue weighted by atomic mass is 16.5. The number of phenolic OH excluding ortho intramolecular Hbond substituents is 1. The first-order valence-corrected chi connectivity index (χ1v) is 9.53. The fourth-order valence-electron chi connectivity index (χ4n) is 3.42. The van der Waals surface area contributed by atoms with Crippen LogP contribution in [0.1, 0.15) is 21.5 Å². The average molecular weight is 435 g/mol. The molecule has 32 heavy (non-hydrogen) atoms. The Morgan fingerprint density at radius 2 is 1.72 bits per heavy atom. The number of fused-ring (bicyclic) bond motifs is 1. The van der Waals surface area contributed by atoms with Gasteiger partial charge in [0.25, 0.3) is 0 Å². The van der Waals surface area contributed by atoms with E-state index in [0.29, 0.717) is 28.4 Å². The maximum atomic E-state index is 13.0. The Balaban J connectivity index is 2.03. The lowest BCUT2D eigenvalue weighted by Gasteiger charge is -2.17. The molecule has 0 atom stereocenters. The summed E-state index contributed by atoms with van der Waals surface area (Å²) in [5.74, 6) is 0.965. The largest absolute Gasteiger partial charge is 0.507 e. The number of benzene rings is 2. The molecular weight excluding hydrogens is 414 g/mol. The molecular formula is C23H21N3O6. The van der Waals surface area contributed by atoms with E-state index in [1.165, 1.54) is 44.4 Å². The average Bonchev–Trinajstić information content (AvgIpc) is 3.10. The van der Waals surface area contributed by atoms with Gasteiger partial charge < -0.3 is 24.1 Å². The molecule has 0 radical (unpaired) electrons. The first-order chi connectivity index (χ1) is 15.5. The van der Waals surface area contributed by atoms with Crippen LogP contribution in [0, 0.1) is 22.7 Å². The van der Waals surface area contributed by atoms with Crippen LogP contribution in [-0.4, -0.2) is 50.2 Å². The van der Waals surface area contributed by atoms with Crippen LogP contribution >= 0.6 is 0 Å². The topological polar surface area (TPSA) is 125 Å². The Bertz CT molecular complexity index is 1140. The van der Waals surface area contributed by atoms with E-state index in [1.54, 1.807) is 12.1 Å². The van der Waals surface area contributed by atoms with E-state index in [2.05, 4.69) is 0 Å². The van der Waals surface area contributed by atoms with Crippen LogP contribution in [0.4, 0.5) is 0 Å². The standard InChI is InChI=1S/C23H21N3O6/c1-29-18-7-4-14(21(30-2)23(18)31-3)12-19-20(28)15-5-6-17(27)16(22(15)32-19)13-26(10-8-24)11-9-25/h4-7,12,27H,10-11,13H2,1-3H3. The molecule has 2 aromatic carbocycles. The van der Waals surface area contributed by atoms with E-state index in [9.17, 15) is 9.90 Å². The third-order valence-corrected chi connectivity index (χ3v) is 4.91. The highest BCUT2D eigenvalue weighted by Gasteiger charge is 2.32. The fourth-order valence-corrected chi connectivity index (χ4v) is 3.42. The van der Waals surface area contributed by atoms with Gasteiger partial charge in [0, 0.05) is 12.1 Å². The van der Waals surface area contributed by atoms with Crippen molar-refractivity contribution in [3.05, 3.63) is 46.7 Å². The number of ketones is 1. The number of rotatable bonds is 8. The molecule has 0 bridgehead atoms. The second-order valence-corrected chi connectivity index (χ2v) is 6.76. The number of carbonyl (C=O) groups excluding carboxylic acids is 1. The maximum Gasteiger partial charge on any atom is 0.231 e. The SMILES string of the molecule is COc1ccc(C=C2Oc3c(ccc(O)c3CN(CC#N)CC#N)C2=O)c(OC)c1OC. The summed E-state index contributed by atoms with van der Waals surface area (Å²) in [5, 5.41) is 28.4. The van der Waals surface area contributed by atoms with E-state index in [1.807, 2.05) is 12.1 Å². The normalized spacial score (nSPS) is 13.3. The van der Waals surface area contributed by atoms with E-state index in [0.717, 1.165) is 0 Å². The lowest BCUT2D eigenvalue weighted by Crippen LogP contribution is -2.24. The minimum Gasteiger partial charge on any atom is -0.507 e. The quantitative estimate of drug-likeness (QED) is 0.492. The van der Waals surface area contributed by atoms with Gasteiger partial charge in [-0.2, -0.15) is 10.5 Å². The molecule has 0 amide bonds. The number of Topliss-reactive ketones (excluding diaryl/α,β-unsaturated/α-hetero) is 1. The number of phenols is 1. The van der Waals surface area contributed by atoms with Gasteiger partial charge >= 0.3 is 0 Å². The summed E-state index contributed by atoms with van der Waals surface area (Å²) in [6.45, 7) is 0.0304. The van der Waals surface area contributed by atoms with Crippen LogP contribution in [-0.2, 0) is 6.54 Å². The fraction of sp³-hybridized carbons (Fsp3) is 0.261. The second-order valence-electron chi connectivity index (χ2n) is 6.76. The van der Waals surface area contributed by atoms with Crippen molar-refractivity contribution in [3.63, 3.8) is 0 Å². The van der Waals surface area contributed by atoms with Gasteiger partial charge in [-0.1, -0.05) is 0 Å². The van der Waals surface area contributed by atoms with Gasteiger partial charge in [0.1, 0.15) is 11.5 Å². The van der Waals surface area contributed by atoms with Gasteiger partial charge in [-0.15, -0.1) is 0 Å². The number of allylic oxidation sites excluding steroid dienone is 1. The molecule has 0 unspecified atom stereocenters. The number of ether oxygens (including phenoxy) is 4. The predicted octanol–water partition coefficient (Wildman–Crippen LogP) is 2.88. The molecule has 1 aliphatic heterocycles. The molecule has 2 aromatic rings. The van der Waals surface area contributed by atoms with Crippen molar-refractivity contribution in [1.29, 1.82) is 10.5 Å². The molecule has 1 heterocycles. The molecule has 9 heteroatoms. The minimum absolute atomic E-state index is 0.0177. The van der Waals surface area contributed by atoms with Crippen LogP contribution < -0.4 is 18.9 Å². The smallest absolute Gasteiger partial charge is 0.231 e. The number of hydrogen-bond acceptors (Lipinski definition) is 9. The second kappa shape index (κ2) is 9.73. The Morgan fingerprint density at radius 1 is 1.03 bits per heavy atom. The molecule has 0 fully saturated rings. The highest BCUT2D eigenvalue weighted by Crippen LogP contribution is 2.43. The third kappa shape index (κ3) is 4.15. The molecule has 0 aromatic heterocycles. The Labute approximate surface area is 185 Å². The van der Waals surface area contributed by atoms with Crippen LogP contribution in [0.15, 0.2) is 30.0 Å². The first-order valence-electron chi connectivity index (χ1n) is 9.53. The summed E-state index contributed by atoms with van der Waals surface area (Å²) in [4.78, 5) is 14.5. The van der Waals surface area contributed by atoms with Gasteiger partial charge in [0.2, 0.25) is 11.5 Å². The Kier molecular flexibility index (Phi) is 6.83. The van der Waals surface area contributed by atoms with E-state index in [4.69, 9.17) is 29.5 Å². The number of nitrogens with zero attached hydrogens (tertiary/aromatic N) is 3. The molecule has 164 valence electrons. The molecule has 0 saturated heterocycles. The van der Waals surface area contributed by atoms with E-state index in [-0.39, 0.29) is 48.2 Å². The zero-order valence-electron chi connectivity index (χ0n) is 17.8. The molecule has 1 N–H and O–H groups in total. The van der Waals surface area contributed by atoms with E-state index < -0.39 is 0 Å². The van der Waals surface area contributed by atoms with Crippen molar-refractivity contribution in [3.8, 4) is 40.9 Å². The van der Waals surface area contributed by atoms with Gasteiger partial charge in [-0.3, -0.25) is 9.69 Å². The first kappa shape index (κ1) is 22.5. The third-order valence-electron chi connectivity index (χ3n) is 4.91. The summed E-state index contributed by atoms with van der Waals surface area (Å²) >= 11 is 0. The Hall–Kier alpha value is -4.21. The zero-order chi connectivity index (χ0) is 23.3.